The number of imide groups is 1. The van der Waals surface area contributed by atoms with Crippen molar-refractivity contribution < 1.29 is 19.1 Å². The van der Waals surface area contributed by atoms with Crippen molar-refractivity contribution in [3.63, 3.8) is 0 Å². The zero-order chi connectivity index (χ0) is 26.5. The molecule has 0 bridgehead atoms. The van der Waals surface area contributed by atoms with Crippen LogP contribution in [0.4, 0.5) is 11.4 Å². The largest absolute Gasteiger partial charge is 0.462 e. The van der Waals surface area contributed by atoms with Gasteiger partial charge in [-0.3, -0.25) is 9.59 Å². The molecule has 1 N–H and O–H groups in total. The standard InChI is InChI=1S/C30H30N2O4S/c1-5-18-36-30(35)22-10-14-24(15-11-22)32-28(33)26(31-23-12-8-21(9-13-23)19(2)3)27(29(32)34)37-25-16-6-20(4)7-17-25/h6-17,19,31H,5,18H2,1-4H3. The normalized spacial score (nSPS) is 13.5. The SMILES string of the molecule is CCCOC(=O)c1ccc(N2C(=O)C(Nc3ccc(C(C)C)cc3)=C(Sc3ccc(C)cc3)C2=O)cc1. The summed E-state index contributed by atoms with van der Waals surface area (Å²) in [5.74, 6) is -0.922. The van der Waals surface area contributed by atoms with Gasteiger partial charge in [-0.05, 0) is 73.4 Å². The van der Waals surface area contributed by atoms with Gasteiger partial charge in [0.2, 0.25) is 0 Å². The van der Waals surface area contributed by atoms with Crippen LogP contribution in [0, 0.1) is 6.92 Å². The van der Waals surface area contributed by atoms with Crippen LogP contribution in [0.25, 0.3) is 0 Å². The van der Waals surface area contributed by atoms with E-state index in [0.29, 0.717) is 28.7 Å². The minimum atomic E-state index is -0.450. The molecule has 37 heavy (non-hydrogen) atoms. The minimum absolute atomic E-state index is 0.222. The van der Waals surface area contributed by atoms with Crippen LogP contribution >= 0.6 is 11.8 Å². The number of thioether (sulfide) groups is 1. The van der Waals surface area contributed by atoms with E-state index in [4.69, 9.17) is 4.74 Å². The Bertz CT molecular complexity index is 1330. The molecule has 0 aromatic heterocycles. The van der Waals surface area contributed by atoms with Gasteiger partial charge in [0.15, 0.2) is 0 Å². The van der Waals surface area contributed by atoms with Crippen molar-refractivity contribution in [2.75, 3.05) is 16.8 Å². The van der Waals surface area contributed by atoms with Crippen LogP contribution in [0.2, 0.25) is 0 Å². The van der Waals surface area contributed by atoms with E-state index in [-0.39, 0.29) is 5.70 Å². The lowest BCUT2D eigenvalue weighted by molar-refractivity contribution is -0.120. The molecule has 1 heterocycles. The number of hydrogen-bond donors (Lipinski definition) is 1. The molecule has 3 aromatic carbocycles. The number of aryl methyl sites for hydroxylation is 1. The van der Waals surface area contributed by atoms with Gasteiger partial charge in [-0.25, -0.2) is 9.69 Å². The molecule has 3 aromatic rings. The Balaban J connectivity index is 1.65. The maximum absolute atomic E-state index is 13.6. The van der Waals surface area contributed by atoms with Gasteiger partial charge in [-0.15, -0.1) is 0 Å². The first-order valence-corrected chi connectivity index (χ1v) is 13.1. The van der Waals surface area contributed by atoms with Gasteiger partial charge in [0.1, 0.15) is 10.6 Å². The predicted octanol–water partition coefficient (Wildman–Crippen LogP) is 6.67. The molecule has 190 valence electrons. The Hall–Kier alpha value is -3.84. The molecule has 0 aliphatic carbocycles. The number of anilines is 2. The second-order valence-corrected chi connectivity index (χ2v) is 10.2. The highest BCUT2D eigenvalue weighted by molar-refractivity contribution is 8.04. The number of ether oxygens (including phenoxy) is 1. The molecule has 0 fully saturated rings. The molecule has 2 amide bonds. The first-order valence-electron chi connectivity index (χ1n) is 12.3. The zero-order valence-corrected chi connectivity index (χ0v) is 22.2. The maximum atomic E-state index is 13.6. The number of amides is 2. The monoisotopic (exact) mass is 514 g/mol. The third-order valence-electron chi connectivity index (χ3n) is 5.93. The van der Waals surface area contributed by atoms with Gasteiger partial charge in [-0.1, -0.05) is 62.4 Å². The van der Waals surface area contributed by atoms with E-state index in [2.05, 4.69) is 19.2 Å². The smallest absolute Gasteiger partial charge is 0.338 e. The molecule has 0 saturated carbocycles. The van der Waals surface area contributed by atoms with Gasteiger partial charge in [0, 0.05) is 10.6 Å². The molecule has 6 nitrogen and oxygen atoms in total. The van der Waals surface area contributed by atoms with Crippen LogP contribution in [-0.2, 0) is 14.3 Å². The lowest BCUT2D eigenvalue weighted by Crippen LogP contribution is -2.32. The molecule has 0 radical (unpaired) electrons. The molecule has 1 aliphatic rings. The highest BCUT2D eigenvalue weighted by Crippen LogP contribution is 2.38. The summed E-state index contributed by atoms with van der Waals surface area (Å²) in [6.45, 7) is 8.49. The van der Waals surface area contributed by atoms with E-state index in [9.17, 15) is 14.4 Å². The fraction of sp³-hybridized carbons (Fsp3) is 0.233. The molecule has 1 aliphatic heterocycles. The lowest BCUT2D eigenvalue weighted by atomic mass is 10.0. The average molecular weight is 515 g/mol. The zero-order valence-electron chi connectivity index (χ0n) is 21.4. The van der Waals surface area contributed by atoms with Crippen molar-refractivity contribution in [1.29, 1.82) is 0 Å². The number of esters is 1. The van der Waals surface area contributed by atoms with Crippen molar-refractivity contribution in [1.82, 2.24) is 0 Å². The highest BCUT2D eigenvalue weighted by atomic mass is 32.2. The third-order valence-corrected chi connectivity index (χ3v) is 7.02. The molecular weight excluding hydrogens is 484 g/mol. The Kier molecular flexibility index (Phi) is 8.14. The summed E-state index contributed by atoms with van der Waals surface area (Å²) in [5, 5.41) is 3.19. The van der Waals surface area contributed by atoms with E-state index < -0.39 is 17.8 Å². The van der Waals surface area contributed by atoms with Gasteiger partial charge < -0.3 is 10.1 Å². The molecule has 0 saturated heterocycles. The van der Waals surface area contributed by atoms with Crippen molar-refractivity contribution >= 4 is 40.9 Å². The van der Waals surface area contributed by atoms with Crippen molar-refractivity contribution in [2.45, 2.75) is 44.9 Å². The Morgan fingerprint density at radius 2 is 1.57 bits per heavy atom. The van der Waals surface area contributed by atoms with Crippen LogP contribution in [0.1, 0.15) is 54.6 Å². The van der Waals surface area contributed by atoms with Crippen molar-refractivity contribution in [3.8, 4) is 0 Å². The first kappa shape index (κ1) is 26.2. The van der Waals surface area contributed by atoms with Gasteiger partial charge in [0.25, 0.3) is 11.8 Å². The molecule has 4 rings (SSSR count). The Morgan fingerprint density at radius 3 is 2.16 bits per heavy atom. The van der Waals surface area contributed by atoms with E-state index in [1.54, 1.807) is 24.3 Å². The predicted molar refractivity (Wildman–Crippen MR) is 148 cm³/mol. The van der Waals surface area contributed by atoms with Gasteiger partial charge in [-0.2, -0.15) is 0 Å². The summed E-state index contributed by atoms with van der Waals surface area (Å²) in [7, 11) is 0. The maximum Gasteiger partial charge on any atom is 0.338 e. The number of rotatable bonds is 9. The molecule has 7 heteroatoms. The number of nitrogens with one attached hydrogen (secondary N) is 1. The molecule has 0 spiro atoms. The van der Waals surface area contributed by atoms with E-state index in [0.717, 1.165) is 27.5 Å². The van der Waals surface area contributed by atoms with E-state index in [1.165, 1.54) is 17.3 Å². The van der Waals surface area contributed by atoms with Crippen LogP contribution in [0.15, 0.2) is 88.3 Å². The summed E-state index contributed by atoms with van der Waals surface area (Å²) in [6, 6.07) is 21.9. The van der Waals surface area contributed by atoms with Crippen LogP contribution in [0.3, 0.4) is 0 Å². The van der Waals surface area contributed by atoms with Gasteiger partial charge >= 0.3 is 5.97 Å². The number of carbonyl (C=O) groups excluding carboxylic acids is 3. The average Bonchev–Trinajstić information content (AvgIpc) is 3.12. The van der Waals surface area contributed by atoms with Crippen LogP contribution in [0.5, 0.6) is 0 Å². The number of hydrogen-bond acceptors (Lipinski definition) is 6. The first-order chi connectivity index (χ1) is 17.8. The fourth-order valence-electron chi connectivity index (χ4n) is 3.79. The quantitative estimate of drug-likeness (QED) is 0.254. The molecule has 0 atom stereocenters. The van der Waals surface area contributed by atoms with E-state index in [1.807, 2.05) is 62.4 Å². The highest BCUT2D eigenvalue weighted by Gasteiger charge is 2.40. The van der Waals surface area contributed by atoms with Crippen molar-refractivity contribution in [3.05, 3.63) is 100 Å². The van der Waals surface area contributed by atoms with Crippen LogP contribution < -0.4 is 10.2 Å². The number of carbonyl (C=O) groups is 3. The Morgan fingerprint density at radius 1 is 0.919 bits per heavy atom. The van der Waals surface area contributed by atoms with Gasteiger partial charge in [0.05, 0.1) is 17.9 Å². The second kappa shape index (κ2) is 11.5. The number of nitrogens with zero attached hydrogens (tertiary/aromatic N) is 1. The second-order valence-electron chi connectivity index (χ2n) is 9.15. The van der Waals surface area contributed by atoms with Crippen molar-refractivity contribution in [2.24, 2.45) is 0 Å². The lowest BCUT2D eigenvalue weighted by Gasteiger charge is -2.16. The number of benzene rings is 3. The minimum Gasteiger partial charge on any atom is -0.462 e. The van der Waals surface area contributed by atoms with E-state index >= 15 is 0 Å². The fourth-order valence-corrected chi connectivity index (χ4v) is 4.72. The third kappa shape index (κ3) is 5.94. The topological polar surface area (TPSA) is 75.7 Å². The summed E-state index contributed by atoms with van der Waals surface area (Å²) in [4.78, 5) is 41.7. The summed E-state index contributed by atoms with van der Waals surface area (Å²) >= 11 is 1.25. The Labute approximate surface area is 221 Å². The summed E-state index contributed by atoms with van der Waals surface area (Å²) in [6.07, 6.45) is 0.726. The van der Waals surface area contributed by atoms with Crippen LogP contribution in [-0.4, -0.2) is 24.4 Å². The summed E-state index contributed by atoms with van der Waals surface area (Å²) < 4.78 is 5.18. The summed E-state index contributed by atoms with van der Waals surface area (Å²) in [5.41, 5.74) is 3.98. The molecule has 0 unspecified atom stereocenters. The molecular formula is C30H30N2O4S.